The molecule has 4 nitrogen and oxygen atoms in total. The minimum atomic E-state index is -3.37. The second-order valence-corrected chi connectivity index (χ2v) is 7.21. The lowest BCUT2D eigenvalue weighted by molar-refractivity contribution is 0.190. The van der Waals surface area contributed by atoms with Crippen LogP contribution in [0.15, 0.2) is 16.6 Å². The molecule has 0 bridgehead atoms. The number of hydrogen-bond donors (Lipinski definition) is 2. The highest BCUT2D eigenvalue weighted by atomic mass is 79.9. The Morgan fingerprint density at radius 2 is 1.83 bits per heavy atom. The van der Waals surface area contributed by atoms with Crippen LogP contribution in [0, 0.1) is 11.6 Å². The monoisotopic (exact) mass is 341 g/mol. The maximum Gasteiger partial charge on any atom is 0.155 e. The van der Waals surface area contributed by atoms with Crippen molar-refractivity contribution in [1.29, 1.82) is 0 Å². The molecule has 1 saturated heterocycles. The Bertz CT molecular complexity index is 555. The first kappa shape index (κ1) is 13.7. The molecule has 1 aromatic rings. The summed E-state index contributed by atoms with van der Waals surface area (Å²) in [5.74, 6) is -2.44. The SMILES string of the molecule is O=S1(=O)CC(O)C(Nc2c(F)cc(Br)cc2F)C1. The van der Waals surface area contributed by atoms with E-state index in [0.717, 1.165) is 12.1 Å². The lowest BCUT2D eigenvalue weighted by atomic mass is 10.2. The maximum atomic E-state index is 13.5. The van der Waals surface area contributed by atoms with Crippen LogP contribution in [0.4, 0.5) is 14.5 Å². The van der Waals surface area contributed by atoms with E-state index in [2.05, 4.69) is 21.2 Å². The van der Waals surface area contributed by atoms with Gasteiger partial charge in [0.15, 0.2) is 9.84 Å². The summed E-state index contributed by atoms with van der Waals surface area (Å²) in [7, 11) is -3.37. The highest BCUT2D eigenvalue weighted by Crippen LogP contribution is 2.26. The predicted molar refractivity (Wildman–Crippen MR) is 66.1 cm³/mol. The fourth-order valence-corrected chi connectivity index (χ4v) is 3.98. The molecule has 2 atom stereocenters. The van der Waals surface area contributed by atoms with E-state index in [1.54, 1.807) is 0 Å². The average Bonchev–Trinajstić information content (AvgIpc) is 2.45. The van der Waals surface area contributed by atoms with Gasteiger partial charge in [-0.15, -0.1) is 0 Å². The van der Waals surface area contributed by atoms with Gasteiger partial charge in [0.2, 0.25) is 0 Å². The zero-order chi connectivity index (χ0) is 13.5. The molecule has 1 aliphatic rings. The molecule has 100 valence electrons. The Labute approximate surface area is 111 Å². The van der Waals surface area contributed by atoms with Gasteiger partial charge in [0.1, 0.15) is 17.3 Å². The summed E-state index contributed by atoms with van der Waals surface area (Å²) in [5.41, 5.74) is -0.431. The van der Waals surface area contributed by atoms with Crippen molar-refractivity contribution in [3.8, 4) is 0 Å². The van der Waals surface area contributed by atoms with E-state index in [1.165, 1.54) is 0 Å². The Morgan fingerprint density at radius 3 is 2.28 bits per heavy atom. The summed E-state index contributed by atoms with van der Waals surface area (Å²) >= 11 is 2.94. The molecule has 2 rings (SSSR count). The molecule has 0 amide bonds. The molecule has 2 N–H and O–H groups in total. The maximum absolute atomic E-state index is 13.5. The quantitative estimate of drug-likeness (QED) is 0.850. The van der Waals surface area contributed by atoms with Gasteiger partial charge in [0.25, 0.3) is 0 Å². The van der Waals surface area contributed by atoms with Crippen LogP contribution >= 0.6 is 15.9 Å². The molecular formula is C10H10BrF2NO3S. The molecule has 8 heteroatoms. The predicted octanol–water partition coefficient (Wildman–Crippen LogP) is 1.30. The van der Waals surface area contributed by atoms with Gasteiger partial charge in [-0.3, -0.25) is 0 Å². The molecule has 0 saturated carbocycles. The van der Waals surface area contributed by atoms with Crippen molar-refractivity contribution in [2.75, 3.05) is 16.8 Å². The molecule has 0 aliphatic carbocycles. The molecule has 0 aromatic heterocycles. The summed E-state index contributed by atoms with van der Waals surface area (Å²) in [4.78, 5) is 0. The van der Waals surface area contributed by atoms with Crippen molar-refractivity contribution in [3.63, 3.8) is 0 Å². The van der Waals surface area contributed by atoms with Crippen molar-refractivity contribution in [2.45, 2.75) is 12.1 Å². The molecule has 2 unspecified atom stereocenters. The van der Waals surface area contributed by atoms with Gasteiger partial charge in [0.05, 0.1) is 23.7 Å². The number of anilines is 1. The summed E-state index contributed by atoms with van der Waals surface area (Å²) in [5, 5.41) is 11.9. The van der Waals surface area contributed by atoms with Gasteiger partial charge in [-0.25, -0.2) is 17.2 Å². The normalized spacial score (nSPS) is 26.2. The number of halogens is 3. The molecule has 1 heterocycles. The van der Waals surface area contributed by atoms with Crippen molar-refractivity contribution < 1.29 is 22.3 Å². The Morgan fingerprint density at radius 1 is 1.28 bits per heavy atom. The first-order valence-corrected chi connectivity index (χ1v) is 7.69. The van der Waals surface area contributed by atoms with Gasteiger partial charge < -0.3 is 10.4 Å². The topological polar surface area (TPSA) is 66.4 Å². The molecule has 1 fully saturated rings. The van der Waals surface area contributed by atoms with E-state index in [1.807, 2.05) is 0 Å². The van der Waals surface area contributed by atoms with Gasteiger partial charge in [-0.05, 0) is 12.1 Å². The minimum absolute atomic E-state index is 0.239. The van der Waals surface area contributed by atoms with Crippen LogP contribution in [0.5, 0.6) is 0 Å². The smallest absolute Gasteiger partial charge is 0.155 e. The number of sulfone groups is 1. The number of benzene rings is 1. The zero-order valence-corrected chi connectivity index (χ0v) is 11.4. The van der Waals surface area contributed by atoms with E-state index < -0.39 is 45.1 Å². The van der Waals surface area contributed by atoms with Gasteiger partial charge >= 0.3 is 0 Å². The van der Waals surface area contributed by atoms with Gasteiger partial charge in [-0.2, -0.15) is 0 Å². The van der Waals surface area contributed by atoms with E-state index in [4.69, 9.17) is 0 Å². The summed E-state index contributed by atoms with van der Waals surface area (Å²) in [6, 6.07) is 1.21. The van der Waals surface area contributed by atoms with E-state index >= 15 is 0 Å². The Kier molecular flexibility index (Phi) is 3.61. The van der Waals surface area contributed by atoms with Crippen molar-refractivity contribution in [2.24, 2.45) is 0 Å². The van der Waals surface area contributed by atoms with Crippen LogP contribution in [0.2, 0.25) is 0 Å². The van der Waals surface area contributed by atoms with Crippen molar-refractivity contribution in [1.82, 2.24) is 0 Å². The van der Waals surface area contributed by atoms with Gasteiger partial charge in [0, 0.05) is 4.47 Å². The van der Waals surface area contributed by atoms with Crippen LogP contribution in [0.3, 0.4) is 0 Å². The highest BCUT2D eigenvalue weighted by Gasteiger charge is 2.37. The Hall–Kier alpha value is -0.730. The molecule has 1 aromatic carbocycles. The van der Waals surface area contributed by atoms with Crippen LogP contribution in [-0.2, 0) is 9.84 Å². The number of hydrogen-bond acceptors (Lipinski definition) is 4. The fourth-order valence-electron chi connectivity index (χ4n) is 1.83. The second-order valence-electron chi connectivity index (χ2n) is 4.14. The summed E-state index contributed by atoms with van der Waals surface area (Å²) in [6.07, 6.45) is -1.17. The third-order valence-electron chi connectivity index (χ3n) is 2.66. The second kappa shape index (κ2) is 4.75. The number of aliphatic hydroxyl groups excluding tert-OH is 1. The number of aliphatic hydroxyl groups is 1. The molecular weight excluding hydrogens is 332 g/mol. The molecule has 0 radical (unpaired) electrons. The minimum Gasteiger partial charge on any atom is -0.390 e. The van der Waals surface area contributed by atoms with Crippen molar-refractivity contribution in [3.05, 3.63) is 28.2 Å². The van der Waals surface area contributed by atoms with E-state index in [9.17, 15) is 22.3 Å². The first-order chi connectivity index (χ1) is 8.28. The third kappa shape index (κ3) is 2.81. The molecule has 0 spiro atoms. The highest BCUT2D eigenvalue weighted by molar-refractivity contribution is 9.10. The first-order valence-electron chi connectivity index (χ1n) is 5.08. The van der Waals surface area contributed by atoms with Crippen LogP contribution in [0.25, 0.3) is 0 Å². The van der Waals surface area contributed by atoms with Crippen molar-refractivity contribution >= 4 is 31.5 Å². The zero-order valence-electron chi connectivity index (χ0n) is 9.03. The summed E-state index contributed by atoms with van der Waals surface area (Å²) in [6.45, 7) is 0. The van der Waals surface area contributed by atoms with E-state index in [-0.39, 0.29) is 10.2 Å². The lowest BCUT2D eigenvalue weighted by Gasteiger charge is -2.17. The molecule has 1 aliphatic heterocycles. The van der Waals surface area contributed by atoms with E-state index in [0.29, 0.717) is 0 Å². The number of nitrogens with one attached hydrogen (secondary N) is 1. The Balaban J connectivity index is 2.26. The van der Waals surface area contributed by atoms with Crippen LogP contribution in [0.1, 0.15) is 0 Å². The third-order valence-corrected chi connectivity index (χ3v) is 4.83. The lowest BCUT2D eigenvalue weighted by Crippen LogP contribution is -2.32. The largest absolute Gasteiger partial charge is 0.390 e. The average molecular weight is 342 g/mol. The fraction of sp³-hybridized carbons (Fsp3) is 0.400. The van der Waals surface area contributed by atoms with Crippen LogP contribution < -0.4 is 5.32 Å². The number of rotatable bonds is 2. The van der Waals surface area contributed by atoms with Crippen LogP contribution in [-0.4, -0.2) is 37.2 Å². The molecule has 18 heavy (non-hydrogen) atoms. The summed E-state index contributed by atoms with van der Waals surface area (Å²) < 4.78 is 49.8. The van der Waals surface area contributed by atoms with Gasteiger partial charge in [-0.1, -0.05) is 15.9 Å². The standard InChI is InChI=1S/C10H10BrF2NO3S/c11-5-1-6(12)10(7(13)2-5)14-8-3-18(16,17)4-9(8)15/h1-2,8-9,14-15H,3-4H2.